The molecule has 0 aliphatic carbocycles. The highest BCUT2D eigenvalue weighted by Crippen LogP contribution is 2.19. The van der Waals surface area contributed by atoms with Crippen molar-refractivity contribution in [2.45, 2.75) is 19.3 Å². The number of hydrogen-bond donors (Lipinski definition) is 1. The van der Waals surface area contributed by atoms with E-state index in [1.165, 1.54) is 22.7 Å². The van der Waals surface area contributed by atoms with Gasteiger partial charge in [-0.1, -0.05) is 6.07 Å². The molecule has 3 heterocycles. The number of carbonyl (C=O) groups is 2. The van der Waals surface area contributed by atoms with E-state index < -0.39 is 0 Å². The number of likely N-dealkylation sites (tertiary alicyclic amines) is 1. The lowest BCUT2D eigenvalue weighted by atomic mass is 10.3. The van der Waals surface area contributed by atoms with Gasteiger partial charge in [0.25, 0.3) is 5.91 Å². The van der Waals surface area contributed by atoms with Gasteiger partial charge in [0.15, 0.2) is 5.13 Å². The van der Waals surface area contributed by atoms with E-state index in [-0.39, 0.29) is 11.8 Å². The summed E-state index contributed by atoms with van der Waals surface area (Å²) in [5.74, 6) is -0.0364. The molecule has 1 fully saturated rings. The number of aromatic nitrogens is 1. The number of nitrogens with zero attached hydrogens (tertiary/aromatic N) is 2. The molecule has 0 bridgehead atoms. The van der Waals surface area contributed by atoms with Crippen LogP contribution in [0.15, 0.2) is 22.9 Å². The molecule has 1 N–H and O–H groups in total. The van der Waals surface area contributed by atoms with Gasteiger partial charge in [0, 0.05) is 18.5 Å². The summed E-state index contributed by atoms with van der Waals surface area (Å²) in [5, 5.41) is 6.99. The molecule has 0 unspecified atom stereocenters. The lowest BCUT2D eigenvalue weighted by molar-refractivity contribution is -0.129. The maximum absolute atomic E-state index is 12.0. The minimum atomic E-state index is -0.156. The molecule has 2 aromatic rings. The van der Waals surface area contributed by atoms with E-state index in [9.17, 15) is 9.59 Å². The van der Waals surface area contributed by atoms with Gasteiger partial charge in [-0.2, -0.15) is 0 Å². The largest absolute Gasteiger partial charge is 0.342 e. The van der Waals surface area contributed by atoms with E-state index in [0.29, 0.717) is 16.4 Å². The number of anilines is 1. The van der Waals surface area contributed by atoms with Crippen LogP contribution < -0.4 is 5.32 Å². The number of thiazole rings is 1. The Morgan fingerprint density at radius 1 is 1.29 bits per heavy atom. The van der Waals surface area contributed by atoms with Crippen molar-refractivity contribution in [1.29, 1.82) is 0 Å². The number of nitrogens with one attached hydrogen (secondary N) is 1. The highest BCUT2D eigenvalue weighted by molar-refractivity contribution is 7.14. The lowest BCUT2D eigenvalue weighted by Crippen LogP contribution is -2.29. The molecular formula is C14H15N3O2S2. The molecule has 3 rings (SSSR count). The van der Waals surface area contributed by atoms with Crippen LogP contribution in [0.2, 0.25) is 0 Å². The lowest BCUT2D eigenvalue weighted by Gasteiger charge is -2.13. The van der Waals surface area contributed by atoms with Crippen molar-refractivity contribution in [2.24, 2.45) is 0 Å². The Kier molecular flexibility index (Phi) is 4.31. The molecule has 1 aliphatic heterocycles. The third-order valence-corrected chi connectivity index (χ3v) is 4.98. The van der Waals surface area contributed by atoms with Gasteiger partial charge >= 0.3 is 0 Å². The quantitative estimate of drug-likeness (QED) is 0.941. The first-order valence-corrected chi connectivity index (χ1v) is 8.55. The summed E-state index contributed by atoms with van der Waals surface area (Å²) < 4.78 is 0. The first-order chi connectivity index (χ1) is 10.2. The fourth-order valence-corrected chi connectivity index (χ4v) is 3.57. The van der Waals surface area contributed by atoms with E-state index in [0.717, 1.165) is 31.6 Å². The van der Waals surface area contributed by atoms with Crippen LogP contribution in [0.5, 0.6) is 0 Å². The Labute approximate surface area is 130 Å². The van der Waals surface area contributed by atoms with Crippen molar-refractivity contribution in [2.75, 3.05) is 18.4 Å². The fourth-order valence-electron chi connectivity index (χ4n) is 2.25. The molecule has 5 nitrogen and oxygen atoms in total. The summed E-state index contributed by atoms with van der Waals surface area (Å²) in [6.45, 7) is 1.70. The number of rotatable bonds is 4. The number of thiophene rings is 1. The van der Waals surface area contributed by atoms with Crippen molar-refractivity contribution in [1.82, 2.24) is 9.88 Å². The average Bonchev–Trinajstić information content (AvgIpc) is 3.22. The predicted molar refractivity (Wildman–Crippen MR) is 83.9 cm³/mol. The molecule has 7 heteroatoms. The van der Waals surface area contributed by atoms with Gasteiger partial charge in [0.1, 0.15) is 0 Å². The topological polar surface area (TPSA) is 62.3 Å². The molecule has 0 saturated carbocycles. The van der Waals surface area contributed by atoms with Crippen LogP contribution in [0.1, 0.15) is 28.2 Å². The minimum absolute atomic E-state index is 0.119. The van der Waals surface area contributed by atoms with Crippen LogP contribution in [0.3, 0.4) is 0 Å². The molecule has 1 aliphatic rings. The smallest absolute Gasteiger partial charge is 0.267 e. The zero-order chi connectivity index (χ0) is 14.7. The predicted octanol–water partition coefficient (Wildman–Crippen LogP) is 2.62. The van der Waals surface area contributed by atoms with Gasteiger partial charge in [0.05, 0.1) is 17.0 Å². The van der Waals surface area contributed by atoms with Crippen LogP contribution >= 0.6 is 22.7 Å². The zero-order valence-electron chi connectivity index (χ0n) is 11.4. The highest BCUT2D eigenvalue weighted by Gasteiger charge is 2.19. The Morgan fingerprint density at radius 2 is 2.10 bits per heavy atom. The molecule has 1 saturated heterocycles. The van der Waals surface area contributed by atoms with Crippen LogP contribution in [0.4, 0.5) is 5.13 Å². The van der Waals surface area contributed by atoms with Gasteiger partial charge in [-0.25, -0.2) is 4.98 Å². The zero-order valence-corrected chi connectivity index (χ0v) is 13.0. The molecule has 0 radical (unpaired) electrons. The van der Waals surface area contributed by atoms with Gasteiger partial charge in [-0.3, -0.25) is 14.9 Å². The average molecular weight is 321 g/mol. The highest BCUT2D eigenvalue weighted by atomic mass is 32.1. The fraction of sp³-hybridized carbons (Fsp3) is 0.357. The second kappa shape index (κ2) is 6.36. The van der Waals surface area contributed by atoms with Crippen LogP contribution in [0.25, 0.3) is 0 Å². The van der Waals surface area contributed by atoms with Crippen molar-refractivity contribution in [3.63, 3.8) is 0 Å². The van der Waals surface area contributed by atoms with Crippen LogP contribution in [0, 0.1) is 0 Å². The van der Waals surface area contributed by atoms with Crippen molar-refractivity contribution < 1.29 is 9.59 Å². The van der Waals surface area contributed by atoms with Crippen molar-refractivity contribution in [3.05, 3.63) is 33.5 Å². The third kappa shape index (κ3) is 3.48. The summed E-state index contributed by atoms with van der Waals surface area (Å²) in [7, 11) is 0. The molecule has 0 aromatic carbocycles. The van der Waals surface area contributed by atoms with Crippen molar-refractivity contribution in [3.8, 4) is 0 Å². The standard InChI is InChI=1S/C14H15N3O2S2/c18-12(17-5-1-2-6-17)8-10-9-21-14(15-10)16-13(19)11-4-3-7-20-11/h3-4,7,9H,1-2,5-6,8H2,(H,15,16,19). The Bertz CT molecular complexity index is 630. The Balaban J connectivity index is 1.58. The molecule has 0 spiro atoms. The molecule has 2 amide bonds. The second-order valence-corrected chi connectivity index (χ2v) is 6.65. The SMILES string of the molecule is O=C(Nc1nc(CC(=O)N2CCCC2)cs1)c1cccs1. The first kappa shape index (κ1) is 14.2. The molecule has 110 valence electrons. The summed E-state index contributed by atoms with van der Waals surface area (Å²) in [6.07, 6.45) is 2.49. The maximum Gasteiger partial charge on any atom is 0.267 e. The number of amides is 2. The Hall–Kier alpha value is -1.73. The summed E-state index contributed by atoms with van der Waals surface area (Å²) in [6, 6.07) is 3.60. The van der Waals surface area contributed by atoms with Gasteiger partial charge in [-0.05, 0) is 24.3 Å². The maximum atomic E-state index is 12.0. The van der Waals surface area contributed by atoms with E-state index in [1.54, 1.807) is 6.07 Å². The molecular weight excluding hydrogens is 306 g/mol. The number of hydrogen-bond acceptors (Lipinski definition) is 5. The molecule has 21 heavy (non-hydrogen) atoms. The molecule has 0 atom stereocenters. The van der Waals surface area contributed by atoms with Gasteiger partial charge in [0.2, 0.25) is 5.91 Å². The van der Waals surface area contributed by atoms with E-state index in [4.69, 9.17) is 0 Å². The van der Waals surface area contributed by atoms with Crippen LogP contribution in [-0.2, 0) is 11.2 Å². The molecule has 2 aromatic heterocycles. The summed E-state index contributed by atoms with van der Waals surface area (Å²) in [4.78, 5) is 30.8. The van der Waals surface area contributed by atoms with E-state index in [1.807, 2.05) is 21.7 Å². The second-order valence-electron chi connectivity index (χ2n) is 4.84. The van der Waals surface area contributed by atoms with Crippen molar-refractivity contribution >= 4 is 39.6 Å². The Morgan fingerprint density at radius 3 is 2.81 bits per heavy atom. The van der Waals surface area contributed by atoms with Gasteiger partial charge in [-0.15, -0.1) is 22.7 Å². The normalized spacial score (nSPS) is 14.4. The van der Waals surface area contributed by atoms with E-state index >= 15 is 0 Å². The summed E-state index contributed by atoms with van der Waals surface area (Å²) >= 11 is 2.74. The number of carbonyl (C=O) groups excluding carboxylic acids is 2. The first-order valence-electron chi connectivity index (χ1n) is 6.79. The van der Waals surface area contributed by atoms with Crippen LogP contribution in [-0.4, -0.2) is 34.8 Å². The van der Waals surface area contributed by atoms with Gasteiger partial charge < -0.3 is 4.90 Å². The monoisotopic (exact) mass is 321 g/mol. The third-order valence-electron chi connectivity index (χ3n) is 3.31. The minimum Gasteiger partial charge on any atom is -0.342 e. The van der Waals surface area contributed by atoms with E-state index in [2.05, 4.69) is 10.3 Å². The summed E-state index contributed by atoms with van der Waals surface area (Å²) in [5.41, 5.74) is 0.721.